The molecule has 0 saturated carbocycles. The normalized spacial score (nSPS) is 14.5. The Morgan fingerprint density at radius 1 is 1.28 bits per heavy atom. The van der Waals surface area contributed by atoms with E-state index in [0.29, 0.717) is 12.1 Å². The predicted molar refractivity (Wildman–Crippen MR) is 68.5 cm³/mol. The summed E-state index contributed by atoms with van der Waals surface area (Å²) in [6.07, 6.45) is 1.66. The van der Waals surface area contributed by atoms with Crippen LogP contribution in [-0.4, -0.2) is 19.8 Å². The molecule has 0 aliphatic heterocycles. The van der Waals surface area contributed by atoms with Gasteiger partial charge in [0.05, 0.1) is 12.1 Å². The number of hydrogen-bond donors (Lipinski definition) is 1. The quantitative estimate of drug-likeness (QED) is 0.808. The molecule has 0 radical (unpaired) electrons. The van der Waals surface area contributed by atoms with Crippen LogP contribution in [-0.2, 0) is 4.74 Å². The average Bonchev–Trinajstić information content (AvgIpc) is 2.34. The van der Waals surface area contributed by atoms with Gasteiger partial charge in [0.15, 0.2) is 0 Å². The zero-order chi connectivity index (χ0) is 13.5. The molecule has 0 heterocycles. The van der Waals surface area contributed by atoms with E-state index in [1.165, 1.54) is 12.1 Å². The summed E-state index contributed by atoms with van der Waals surface area (Å²) in [5.41, 5.74) is 0.457. The molecular weight excluding hydrogens is 236 g/mol. The minimum atomic E-state index is -0.559. The van der Waals surface area contributed by atoms with Crippen molar-refractivity contribution in [2.45, 2.75) is 38.8 Å². The van der Waals surface area contributed by atoms with E-state index in [-0.39, 0.29) is 12.1 Å². The van der Waals surface area contributed by atoms with Crippen molar-refractivity contribution in [1.29, 1.82) is 0 Å². The molecule has 102 valence electrons. The zero-order valence-electron chi connectivity index (χ0n) is 11.2. The third kappa shape index (κ3) is 3.75. The van der Waals surface area contributed by atoms with Crippen molar-refractivity contribution < 1.29 is 13.5 Å². The summed E-state index contributed by atoms with van der Waals surface area (Å²) < 4.78 is 32.2. The molecule has 0 fully saturated rings. The third-order valence-electron chi connectivity index (χ3n) is 2.97. The van der Waals surface area contributed by atoms with Gasteiger partial charge < -0.3 is 10.1 Å². The Morgan fingerprint density at radius 3 is 2.50 bits per heavy atom. The maximum Gasteiger partial charge on any atom is 0.130 e. The first-order chi connectivity index (χ1) is 8.63. The minimum Gasteiger partial charge on any atom is -0.379 e. The molecule has 2 atom stereocenters. The summed E-state index contributed by atoms with van der Waals surface area (Å²) in [6, 6.07) is 3.43. The Hall–Kier alpha value is -1.00. The molecule has 0 saturated heterocycles. The van der Waals surface area contributed by atoms with Crippen molar-refractivity contribution in [3.63, 3.8) is 0 Å². The molecule has 4 heteroatoms. The predicted octanol–water partition coefficient (Wildman–Crippen LogP) is 3.43. The zero-order valence-corrected chi connectivity index (χ0v) is 11.2. The molecule has 0 amide bonds. The lowest BCUT2D eigenvalue weighted by Gasteiger charge is -2.27. The highest BCUT2D eigenvalue weighted by molar-refractivity contribution is 5.23. The van der Waals surface area contributed by atoms with Gasteiger partial charge in [-0.05, 0) is 19.0 Å². The van der Waals surface area contributed by atoms with E-state index in [9.17, 15) is 8.78 Å². The van der Waals surface area contributed by atoms with Crippen LogP contribution in [0.1, 0.15) is 38.3 Å². The van der Waals surface area contributed by atoms with E-state index >= 15 is 0 Å². The number of benzene rings is 1. The van der Waals surface area contributed by atoms with Gasteiger partial charge in [-0.15, -0.1) is 0 Å². The van der Waals surface area contributed by atoms with Crippen LogP contribution in [0.25, 0.3) is 0 Å². The average molecular weight is 257 g/mol. The highest BCUT2D eigenvalue weighted by atomic mass is 19.1. The lowest BCUT2D eigenvalue weighted by Crippen LogP contribution is -2.34. The number of halogens is 2. The fourth-order valence-corrected chi connectivity index (χ4v) is 2.12. The van der Waals surface area contributed by atoms with Gasteiger partial charge in [0.1, 0.15) is 11.6 Å². The monoisotopic (exact) mass is 257 g/mol. The standard InChI is InChI=1S/C14H21F2NO/c1-4-6-13(18-3)14(17-5-2)11-8-7-10(15)9-12(11)16/h7-9,13-14,17H,4-6H2,1-3H3. The first-order valence-corrected chi connectivity index (χ1v) is 6.35. The molecule has 0 aliphatic rings. The number of methoxy groups -OCH3 is 1. The topological polar surface area (TPSA) is 21.3 Å². The van der Waals surface area contributed by atoms with Crippen LogP contribution in [0.15, 0.2) is 18.2 Å². The van der Waals surface area contributed by atoms with Crippen LogP contribution in [0.2, 0.25) is 0 Å². The summed E-state index contributed by atoms with van der Waals surface area (Å²) in [5.74, 6) is -1.09. The molecule has 0 aromatic heterocycles. The highest BCUT2D eigenvalue weighted by Crippen LogP contribution is 2.25. The first-order valence-electron chi connectivity index (χ1n) is 6.35. The Morgan fingerprint density at radius 2 is 2.00 bits per heavy atom. The molecule has 0 aliphatic carbocycles. The Labute approximate surface area is 107 Å². The second-order valence-electron chi connectivity index (χ2n) is 4.26. The molecule has 1 N–H and O–H groups in total. The van der Waals surface area contributed by atoms with E-state index < -0.39 is 11.6 Å². The van der Waals surface area contributed by atoms with Gasteiger partial charge in [-0.2, -0.15) is 0 Å². The molecule has 2 unspecified atom stereocenters. The van der Waals surface area contributed by atoms with Crippen molar-refractivity contribution in [2.75, 3.05) is 13.7 Å². The van der Waals surface area contributed by atoms with Crippen molar-refractivity contribution in [3.8, 4) is 0 Å². The smallest absolute Gasteiger partial charge is 0.130 e. The lowest BCUT2D eigenvalue weighted by molar-refractivity contribution is 0.0599. The maximum absolute atomic E-state index is 13.8. The van der Waals surface area contributed by atoms with E-state index in [1.54, 1.807) is 7.11 Å². The van der Waals surface area contributed by atoms with Crippen molar-refractivity contribution in [2.24, 2.45) is 0 Å². The summed E-state index contributed by atoms with van der Waals surface area (Å²) in [7, 11) is 1.62. The molecule has 1 rings (SSSR count). The first kappa shape index (κ1) is 15.1. The van der Waals surface area contributed by atoms with Crippen molar-refractivity contribution in [1.82, 2.24) is 5.32 Å². The number of likely N-dealkylation sites (N-methyl/N-ethyl adjacent to an activating group) is 1. The Balaban J connectivity index is 3.01. The van der Waals surface area contributed by atoms with Gasteiger partial charge >= 0.3 is 0 Å². The highest BCUT2D eigenvalue weighted by Gasteiger charge is 2.24. The number of hydrogen-bond acceptors (Lipinski definition) is 2. The Kier molecular flexibility index (Phi) is 6.22. The SMILES string of the molecule is CCCC(OC)C(NCC)c1ccc(F)cc1F. The van der Waals surface area contributed by atoms with E-state index in [1.807, 2.05) is 6.92 Å². The molecule has 0 spiro atoms. The van der Waals surface area contributed by atoms with Crippen molar-refractivity contribution >= 4 is 0 Å². The lowest BCUT2D eigenvalue weighted by atomic mass is 9.97. The van der Waals surface area contributed by atoms with E-state index in [4.69, 9.17) is 4.74 Å². The number of rotatable bonds is 7. The van der Waals surface area contributed by atoms with Gasteiger partial charge in [0.25, 0.3) is 0 Å². The molecule has 2 nitrogen and oxygen atoms in total. The second kappa shape index (κ2) is 7.44. The summed E-state index contributed by atoms with van der Waals surface area (Å²) in [6.45, 7) is 4.70. The minimum absolute atomic E-state index is 0.116. The largest absolute Gasteiger partial charge is 0.379 e. The molecule has 1 aromatic rings. The molecular formula is C14H21F2NO. The van der Waals surface area contributed by atoms with Crippen LogP contribution in [0.3, 0.4) is 0 Å². The van der Waals surface area contributed by atoms with Crippen LogP contribution in [0, 0.1) is 11.6 Å². The Bertz CT molecular complexity index is 371. The van der Waals surface area contributed by atoms with E-state index in [0.717, 1.165) is 18.9 Å². The van der Waals surface area contributed by atoms with Gasteiger partial charge in [-0.3, -0.25) is 0 Å². The molecule has 0 bridgehead atoms. The van der Waals surface area contributed by atoms with Gasteiger partial charge in [0, 0.05) is 18.7 Å². The second-order valence-corrected chi connectivity index (χ2v) is 4.26. The summed E-state index contributed by atoms with van der Waals surface area (Å²) in [4.78, 5) is 0. The maximum atomic E-state index is 13.8. The van der Waals surface area contributed by atoms with Crippen LogP contribution in [0.4, 0.5) is 8.78 Å². The number of nitrogens with one attached hydrogen (secondary N) is 1. The fraction of sp³-hybridized carbons (Fsp3) is 0.571. The molecule has 1 aromatic carbocycles. The summed E-state index contributed by atoms with van der Waals surface area (Å²) in [5, 5.41) is 3.21. The summed E-state index contributed by atoms with van der Waals surface area (Å²) >= 11 is 0. The van der Waals surface area contributed by atoms with Gasteiger partial charge in [-0.1, -0.05) is 26.3 Å². The number of ether oxygens (including phenoxy) is 1. The van der Waals surface area contributed by atoms with Crippen LogP contribution < -0.4 is 5.32 Å². The fourth-order valence-electron chi connectivity index (χ4n) is 2.12. The van der Waals surface area contributed by atoms with E-state index in [2.05, 4.69) is 12.2 Å². The van der Waals surface area contributed by atoms with Crippen molar-refractivity contribution in [3.05, 3.63) is 35.4 Å². The third-order valence-corrected chi connectivity index (χ3v) is 2.97. The van der Waals surface area contributed by atoms with Crippen LogP contribution in [0.5, 0.6) is 0 Å². The van der Waals surface area contributed by atoms with Gasteiger partial charge in [-0.25, -0.2) is 8.78 Å². The molecule has 18 heavy (non-hydrogen) atoms. The van der Waals surface area contributed by atoms with Crippen LogP contribution >= 0.6 is 0 Å². The van der Waals surface area contributed by atoms with Gasteiger partial charge in [0.2, 0.25) is 0 Å².